The zero-order chi connectivity index (χ0) is 12.4. The first kappa shape index (κ1) is 15.3. The summed E-state index contributed by atoms with van der Waals surface area (Å²) in [6.07, 6.45) is 1.25. The molecule has 0 aromatic rings. The lowest BCUT2D eigenvalue weighted by Gasteiger charge is -2.16. The number of carbonyl (C=O) groups is 1. The first-order chi connectivity index (χ1) is 7.56. The van der Waals surface area contributed by atoms with Gasteiger partial charge in [0.1, 0.15) is 0 Å². The molecule has 0 radical (unpaired) electrons. The van der Waals surface area contributed by atoms with Crippen molar-refractivity contribution < 1.29 is 9.53 Å². The van der Waals surface area contributed by atoms with Crippen LogP contribution in [0, 0.1) is 0 Å². The second-order valence-electron chi connectivity index (χ2n) is 4.16. The van der Waals surface area contributed by atoms with Crippen molar-refractivity contribution >= 4 is 5.91 Å². The molecular formula is C11H25N3O2. The van der Waals surface area contributed by atoms with E-state index in [0.29, 0.717) is 13.0 Å². The number of carbonyl (C=O) groups excluding carboxylic acids is 1. The van der Waals surface area contributed by atoms with Crippen LogP contribution >= 0.6 is 0 Å². The van der Waals surface area contributed by atoms with Gasteiger partial charge in [-0.2, -0.15) is 0 Å². The van der Waals surface area contributed by atoms with Gasteiger partial charge in [-0.15, -0.1) is 0 Å². The molecule has 0 aliphatic carbocycles. The van der Waals surface area contributed by atoms with Gasteiger partial charge >= 0.3 is 0 Å². The molecule has 1 amide bonds. The van der Waals surface area contributed by atoms with Crippen molar-refractivity contribution in [3.05, 3.63) is 0 Å². The number of hydrogen-bond acceptors (Lipinski definition) is 4. The van der Waals surface area contributed by atoms with Gasteiger partial charge in [-0.1, -0.05) is 0 Å². The van der Waals surface area contributed by atoms with Crippen molar-refractivity contribution in [2.75, 3.05) is 40.4 Å². The summed E-state index contributed by atoms with van der Waals surface area (Å²) in [5.74, 6) is 0.0810. The Hall–Kier alpha value is -0.650. The van der Waals surface area contributed by atoms with E-state index in [0.717, 1.165) is 26.1 Å². The zero-order valence-electron chi connectivity index (χ0n) is 10.7. The number of amides is 1. The molecule has 0 saturated heterocycles. The van der Waals surface area contributed by atoms with Crippen LogP contribution in [0.15, 0.2) is 0 Å². The first-order valence-electron chi connectivity index (χ1n) is 5.76. The van der Waals surface area contributed by atoms with E-state index in [1.54, 1.807) is 7.11 Å². The molecule has 1 atom stereocenters. The predicted molar refractivity (Wildman–Crippen MR) is 65.3 cm³/mol. The van der Waals surface area contributed by atoms with Crippen LogP contribution in [0.3, 0.4) is 0 Å². The summed E-state index contributed by atoms with van der Waals surface area (Å²) in [6.45, 7) is 5.03. The molecule has 0 rings (SSSR count). The van der Waals surface area contributed by atoms with Crippen molar-refractivity contribution in [3.63, 3.8) is 0 Å². The largest absolute Gasteiger partial charge is 0.383 e. The predicted octanol–water partition coefficient (Wildman–Crippen LogP) is -0.192. The molecule has 16 heavy (non-hydrogen) atoms. The van der Waals surface area contributed by atoms with E-state index in [2.05, 4.69) is 10.2 Å². The zero-order valence-corrected chi connectivity index (χ0v) is 10.7. The van der Waals surface area contributed by atoms with Crippen molar-refractivity contribution in [2.24, 2.45) is 5.73 Å². The van der Waals surface area contributed by atoms with Gasteiger partial charge in [0.25, 0.3) is 0 Å². The molecule has 0 spiro atoms. The third kappa shape index (κ3) is 9.89. The summed E-state index contributed by atoms with van der Waals surface area (Å²) < 4.78 is 4.96. The minimum absolute atomic E-state index is 0.0810. The second kappa shape index (κ2) is 9.57. The fraction of sp³-hybridized carbons (Fsp3) is 0.909. The third-order valence-corrected chi connectivity index (χ3v) is 2.32. The van der Waals surface area contributed by atoms with E-state index < -0.39 is 0 Å². The number of ether oxygens (including phenoxy) is 1. The van der Waals surface area contributed by atoms with Crippen LogP contribution in [0.4, 0.5) is 0 Å². The highest BCUT2D eigenvalue weighted by Gasteiger charge is 2.03. The summed E-state index contributed by atoms with van der Waals surface area (Å²) in [7, 11) is 3.69. The van der Waals surface area contributed by atoms with E-state index in [1.807, 2.05) is 14.0 Å². The smallest absolute Gasteiger partial charge is 0.220 e. The van der Waals surface area contributed by atoms with Gasteiger partial charge in [0, 0.05) is 39.2 Å². The Morgan fingerprint density at radius 1 is 1.50 bits per heavy atom. The highest BCUT2D eigenvalue weighted by molar-refractivity contribution is 5.75. The SMILES string of the molecule is COCCN(C)CCNC(=O)CCC(C)N. The van der Waals surface area contributed by atoms with E-state index in [9.17, 15) is 4.79 Å². The van der Waals surface area contributed by atoms with Gasteiger partial charge in [0.05, 0.1) is 6.61 Å². The number of nitrogens with zero attached hydrogens (tertiary/aromatic N) is 1. The maximum Gasteiger partial charge on any atom is 0.220 e. The molecule has 1 unspecified atom stereocenters. The van der Waals surface area contributed by atoms with Gasteiger partial charge in [-0.25, -0.2) is 0 Å². The molecule has 3 N–H and O–H groups in total. The molecule has 5 heteroatoms. The van der Waals surface area contributed by atoms with Gasteiger partial charge < -0.3 is 20.7 Å². The Balaban J connectivity index is 3.39. The number of rotatable bonds is 9. The standard InChI is InChI=1S/C11H25N3O2/c1-10(12)4-5-11(15)13-6-7-14(2)8-9-16-3/h10H,4-9,12H2,1-3H3,(H,13,15). The fourth-order valence-corrected chi connectivity index (χ4v) is 1.19. The Morgan fingerprint density at radius 3 is 2.75 bits per heavy atom. The summed E-state index contributed by atoms with van der Waals surface area (Å²) in [5.41, 5.74) is 5.57. The fourth-order valence-electron chi connectivity index (χ4n) is 1.19. The van der Waals surface area contributed by atoms with Crippen LogP contribution in [0.5, 0.6) is 0 Å². The highest BCUT2D eigenvalue weighted by Crippen LogP contribution is 1.92. The topological polar surface area (TPSA) is 67.6 Å². The van der Waals surface area contributed by atoms with E-state index in [4.69, 9.17) is 10.5 Å². The first-order valence-corrected chi connectivity index (χ1v) is 5.76. The van der Waals surface area contributed by atoms with Gasteiger partial charge in [-0.05, 0) is 20.4 Å². The molecule has 96 valence electrons. The highest BCUT2D eigenvalue weighted by atomic mass is 16.5. The summed E-state index contributed by atoms with van der Waals surface area (Å²) in [5, 5.41) is 2.87. The molecular weight excluding hydrogens is 206 g/mol. The minimum atomic E-state index is 0.0810. The van der Waals surface area contributed by atoms with Crippen LogP contribution in [0.25, 0.3) is 0 Å². The summed E-state index contributed by atoms with van der Waals surface area (Å²) in [6, 6.07) is 0.0927. The number of nitrogens with two attached hydrogens (primary N) is 1. The molecule has 0 heterocycles. The van der Waals surface area contributed by atoms with Crippen LogP contribution in [-0.4, -0.2) is 57.2 Å². The Kier molecular flexibility index (Phi) is 9.18. The van der Waals surface area contributed by atoms with Crippen LogP contribution < -0.4 is 11.1 Å². The number of likely N-dealkylation sites (N-methyl/N-ethyl adjacent to an activating group) is 1. The lowest BCUT2D eigenvalue weighted by Crippen LogP contribution is -2.34. The van der Waals surface area contributed by atoms with Crippen LogP contribution in [-0.2, 0) is 9.53 Å². The quantitative estimate of drug-likeness (QED) is 0.577. The average Bonchev–Trinajstić information content (AvgIpc) is 2.23. The molecule has 0 aromatic carbocycles. The average molecular weight is 231 g/mol. The van der Waals surface area contributed by atoms with Crippen LogP contribution in [0.2, 0.25) is 0 Å². The number of methoxy groups -OCH3 is 1. The van der Waals surface area contributed by atoms with Gasteiger partial charge in [-0.3, -0.25) is 4.79 Å². The summed E-state index contributed by atoms with van der Waals surface area (Å²) in [4.78, 5) is 13.5. The van der Waals surface area contributed by atoms with Crippen molar-refractivity contribution in [1.29, 1.82) is 0 Å². The lowest BCUT2D eigenvalue weighted by atomic mass is 10.2. The maximum absolute atomic E-state index is 11.3. The molecule has 0 bridgehead atoms. The van der Waals surface area contributed by atoms with Crippen molar-refractivity contribution in [2.45, 2.75) is 25.8 Å². The Morgan fingerprint density at radius 2 is 2.19 bits per heavy atom. The van der Waals surface area contributed by atoms with E-state index >= 15 is 0 Å². The van der Waals surface area contributed by atoms with E-state index in [-0.39, 0.29) is 11.9 Å². The molecule has 0 fully saturated rings. The van der Waals surface area contributed by atoms with E-state index in [1.165, 1.54) is 0 Å². The number of hydrogen-bond donors (Lipinski definition) is 2. The third-order valence-electron chi connectivity index (χ3n) is 2.32. The molecule has 0 saturated carbocycles. The second-order valence-corrected chi connectivity index (χ2v) is 4.16. The monoisotopic (exact) mass is 231 g/mol. The van der Waals surface area contributed by atoms with Crippen LogP contribution in [0.1, 0.15) is 19.8 Å². The molecule has 0 aliphatic heterocycles. The lowest BCUT2D eigenvalue weighted by molar-refractivity contribution is -0.121. The Bertz CT molecular complexity index is 186. The van der Waals surface area contributed by atoms with Crippen molar-refractivity contribution in [3.8, 4) is 0 Å². The minimum Gasteiger partial charge on any atom is -0.383 e. The molecule has 0 aromatic heterocycles. The molecule has 0 aliphatic rings. The Labute approximate surface area is 98.3 Å². The van der Waals surface area contributed by atoms with Crippen molar-refractivity contribution in [1.82, 2.24) is 10.2 Å². The van der Waals surface area contributed by atoms with Gasteiger partial charge in [0.2, 0.25) is 5.91 Å². The normalized spacial score (nSPS) is 12.8. The molecule has 5 nitrogen and oxygen atoms in total. The maximum atomic E-state index is 11.3. The van der Waals surface area contributed by atoms with Gasteiger partial charge in [0.15, 0.2) is 0 Å². The number of nitrogens with one attached hydrogen (secondary N) is 1. The summed E-state index contributed by atoms with van der Waals surface area (Å²) >= 11 is 0.